The van der Waals surface area contributed by atoms with Crippen molar-refractivity contribution in [2.75, 3.05) is 11.9 Å². The van der Waals surface area contributed by atoms with Crippen molar-refractivity contribution in [2.24, 2.45) is 0 Å². The maximum atomic E-state index is 11.9. The van der Waals surface area contributed by atoms with Gasteiger partial charge in [-0.1, -0.05) is 29.8 Å². The number of rotatable bonds is 7. The van der Waals surface area contributed by atoms with Gasteiger partial charge in [0, 0.05) is 35.8 Å². The lowest BCUT2D eigenvalue weighted by atomic mass is 10.1. The molecule has 0 spiro atoms. The number of hydrogen-bond donors (Lipinski definition) is 2. The zero-order valence-electron chi connectivity index (χ0n) is 12.9. The average Bonchev–Trinajstić information content (AvgIpc) is 2.53. The smallest absolute Gasteiger partial charge is 0.225 e. The molecular weight excluding hydrogens is 312 g/mol. The van der Waals surface area contributed by atoms with E-state index in [1.165, 1.54) is 6.92 Å². The third-order valence-electron chi connectivity index (χ3n) is 3.38. The number of anilines is 1. The van der Waals surface area contributed by atoms with Gasteiger partial charge in [0.05, 0.1) is 0 Å². The molecule has 0 bridgehead atoms. The molecule has 2 rings (SSSR count). The standard InChI is InChI=1S/C18H19ClN2O2/c1-13(22)14-6-8-16(9-7-14)21-18(23)10-11-20-12-15-4-2-3-5-17(15)19/h2-9,20H,10-12H2,1H3,(H,21,23). The Hall–Kier alpha value is -2.17. The lowest BCUT2D eigenvalue weighted by Crippen LogP contribution is -2.21. The summed E-state index contributed by atoms with van der Waals surface area (Å²) in [5, 5.41) is 6.71. The maximum Gasteiger partial charge on any atom is 0.225 e. The molecular formula is C18H19ClN2O2. The minimum Gasteiger partial charge on any atom is -0.326 e. The van der Waals surface area contributed by atoms with Gasteiger partial charge in [0.1, 0.15) is 0 Å². The van der Waals surface area contributed by atoms with Gasteiger partial charge in [-0.3, -0.25) is 9.59 Å². The summed E-state index contributed by atoms with van der Waals surface area (Å²) >= 11 is 6.06. The summed E-state index contributed by atoms with van der Waals surface area (Å²) in [6.45, 7) is 2.70. The van der Waals surface area contributed by atoms with E-state index in [9.17, 15) is 9.59 Å². The Morgan fingerprint density at radius 1 is 1.04 bits per heavy atom. The van der Waals surface area contributed by atoms with E-state index in [2.05, 4.69) is 10.6 Å². The highest BCUT2D eigenvalue weighted by atomic mass is 35.5. The van der Waals surface area contributed by atoms with Crippen molar-refractivity contribution in [1.82, 2.24) is 5.32 Å². The van der Waals surface area contributed by atoms with Crippen LogP contribution in [0.3, 0.4) is 0 Å². The highest BCUT2D eigenvalue weighted by Crippen LogP contribution is 2.14. The van der Waals surface area contributed by atoms with Gasteiger partial charge < -0.3 is 10.6 Å². The molecule has 120 valence electrons. The molecule has 2 aromatic carbocycles. The van der Waals surface area contributed by atoms with Crippen molar-refractivity contribution in [3.05, 3.63) is 64.7 Å². The van der Waals surface area contributed by atoms with Crippen LogP contribution in [0.1, 0.15) is 29.3 Å². The predicted molar refractivity (Wildman–Crippen MR) is 92.9 cm³/mol. The zero-order valence-corrected chi connectivity index (χ0v) is 13.7. The molecule has 23 heavy (non-hydrogen) atoms. The molecule has 0 saturated carbocycles. The van der Waals surface area contributed by atoms with Gasteiger partial charge in [0.2, 0.25) is 5.91 Å². The number of carbonyl (C=O) groups is 2. The lowest BCUT2D eigenvalue weighted by molar-refractivity contribution is -0.116. The monoisotopic (exact) mass is 330 g/mol. The highest BCUT2D eigenvalue weighted by Gasteiger charge is 2.04. The second-order valence-electron chi connectivity index (χ2n) is 5.20. The Bertz CT molecular complexity index is 684. The van der Waals surface area contributed by atoms with Crippen LogP contribution in [-0.4, -0.2) is 18.2 Å². The van der Waals surface area contributed by atoms with Crippen molar-refractivity contribution < 1.29 is 9.59 Å². The molecule has 0 unspecified atom stereocenters. The number of Topliss-reactive ketones (excluding diaryl/α,β-unsaturated/α-hetero) is 1. The summed E-state index contributed by atoms with van der Waals surface area (Å²) in [6.07, 6.45) is 0.360. The van der Waals surface area contributed by atoms with Crippen molar-refractivity contribution in [3.8, 4) is 0 Å². The fourth-order valence-corrected chi connectivity index (χ4v) is 2.28. The number of amides is 1. The van der Waals surface area contributed by atoms with E-state index in [1.54, 1.807) is 24.3 Å². The minimum atomic E-state index is -0.0766. The molecule has 2 N–H and O–H groups in total. The molecule has 0 aromatic heterocycles. The number of halogens is 1. The molecule has 0 atom stereocenters. The van der Waals surface area contributed by atoms with Crippen LogP contribution in [0.15, 0.2) is 48.5 Å². The van der Waals surface area contributed by atoms with Gasteiger partial charge in [-0.25, -0.2) is 0 Å². The summed E-state index contributed by atoms with van der Waals surface area (Å²) in [4.78, 5) is 23.1. The molecule has 0 heterocycles. The highest BCUT2D eigenvalue weighted by molar-refractivity contribution is 6.31. The summed E-state index contributed by atoms with van der Waals surface area (Å²) in [7, 11) is 0. The van der Waals surface area contributed by atoms with Crippen LogP contribution in [0, 0.1) is 0 Å². The van der Waals surface area contributed by atoms with E-state index in [4.69, 9.17) is 11.6 Å². The first-order valence-electron chi connectivity index (χ1n) is 7.41. The first kappa shape index (κ1) is 17.2. The number of nitrogens with one attached hydrogen (secondary N) is 2. The molecule has 0 fully saturated rings. The van der Waals surface area contributed by atoms with Gasteiger partial charge in [0.25, 0.3) is 0 Å². The Kier molecular flexibility index (Phi) is 6.32. The summed E-state index contributed by atoms with van der Waals surface area (Å²) in [5.41, 5.74) is 2.32. The van der Waals surface area contributed by atoms with Crippen LogP contribution in [0.4, 0.5) is 5.69 Å². The Labute approximate surface area is 140 Å². The van der Waals surface area contributed by atoms with Gasteiger partial charge >= 0.3 is 0 Å². The van der Waals surface area contributed by atoms with Crippen molar-refractivity contribution in [1.29, 1.82) is 0 Å². The zero-order chi connectivity index (χ0) is 16.7. The maximum absolute atomic E-state index is 11.9. The largest absolute Gasteiger partial charge is 0.326 e. The van der Waals surface area contributed by atoms with Crippen LogP contribution >= 0.6 is 11.6 Å². The number of benzene rings is 2. The van der Waals surface area contributed by atoms with Crippen LogP contribution in [-0.2, 0) is 11.3 Å². The molecule has 2 aromatic rings. The third-order valence-corrected chi connectivity index (χ3v) is 3.75. The Balaban J connectivity index is 1.73. The summed E-state index contributed by atoms with van der Waals surface area (Å²) in [6, 6.07) is 14.5. The van der Waals surface area contributed by atoms with E-state index in [0.717, 1.165) is 10.6 Å². The second-order valence-corrected chi connectivity index (χ2v) is 5.61. The molecule has 0 radical (unpaired) electrons. The third kappa shape index (κ3) is 5.51. The van der Waals surface area contributed by atoms with E-state index in [0.29, 0.717) is 30.8 Å². The van der Waals surface area contributed by atoms with Crippen molar-refractivity contribution in [3.63, 3.8) is 0 Å². The number of carbonyl (C=O) groups excluding carboxylic acids is 2. The van der Waals surface area contributed by atoms with Gasteiger partial charge in [-0.2, -0.15) is 0 Å². The first-order valence-corrected chi connectivity index (χ1v) is 7.79. The summed E-state index contributed by atoms with van der Waals surface area (Å²) in [5.74, 6) is -0.0705. The molecule has 0 aliphatic rings. The number of hydrogen-bond acceptors (Lipinski definition) is 3. The van der Waals surface area contributed by atoms with E-state index >= 15 is 0 Å². The normalized spacial score (nSPS) is 10.3. The topological polar surface area (TPSA) is 58.2 Å². The van der Waals surface area contributed by atoms with E-state index < -0.39 is 0 Å². The molecule has 0 aliphatic heterocycles. The van der Waals surface area contributed by atoms with Gasteiger partial charge in [-0.15, -0.1) is 0 Å². The van der Waals surface area contributed by atoms with Crippen LogP contribution in [0.5, 0.6) is 0 Å². The van der Waals surface area contributed by atoms with Crippen molar-refractivity contribution >= 4 is 29.0 Å². The Morgan fingerprint density at radius 3 is 2.39 bits per heavy atom. The first-order chi connectivity index (χ1) is 11.1. The quantitative estimate of drug-likeness (QED) is 0.601. The van der Waals surface area contributed by atoms with E-state index in [1.807, 2.05) is 24.3 Å². The van der Waals surface area contributed by atoms with Crippen LogP contribution < -0.4 is 10.6 Å². The van der Waals surface area contributed by atoms with Crippen LogP contribution in [0.2, 0.25) is 5.02 Å². The fraction of sp³-hybridized carbons (Fsp3) is 0.222. The predicted octanol–water partition coefficient (Wildman–Crippen LogP) is 3.66. The molecule has 5 heteroatoms. The molecule has 0 saturated heterocycles. The molecule has 4 nitrogen and oxygen atoms in total. The lowest BCUT2D eigenvalue weighted by Gasteiger charge is -2.08. The van der Waals surface area contributed by atoms with E-state index in [-0.39, 0.29) is 11.7 Å². The van der Waals surface area contributed by atoms with Gasteiger partial charge in [-0.05, 0) is 42.8 Å². The second kappa shape index (κ2) is 8.46. The van der Waals surface area contributed by atoms with Crippen molar-refractivity contribution in [2.45, 2.75) is 19.9 Å². The molecule has 1 amide bonds. The molecule has 0 aliphatic carbocycles. The van der Waals surface area contributed by atoms with Gasteiger partial charge in [0.15, 0.2) is 5.78 Å². The van der Waals surface area contributed by atoms with Crippen LogP contribution in [0.25, 0.3) is 0 Å². The fourth-order valence-electron chi connectivity index (χ4n) is 2.08. The number of ketones is 1. The summed E-state index contributed by atoms with van der Waals surface area (Å²) < 4.78 is 0. The average molecular weight is 331 g/mol. The SMILES string of the molecule is CC(=O)c1ccc(NC(=O)CCNCc2ccccc2Cl)cc1. The Morgan fingerprint density at radius 2 is 1.74 bits per heavy atom. The minimum absolute atomic E-state index is 0.00616.